The van der Waals surface area contributed by atoms with Gasteiger partial charge in [-0.15, -0.1) is 11.3 Å². The molecule has 0 spiro atoms. The molecule has 3 nitrogen and oxygen atoms in total. The second-order valence-corrected chi connectivity index (χ2v) is 10.4. The monoisotopic (exact) mass is 404 g/mol. The van der Waals surface area contributed by atoms with E-state index in [0.717, 1.165) is 33.4 Å². The van der Waals surface area contributed by atoms with Gasteiger partial charge in [-0.25, -0.2) is 4.79 Å². The smallest absolute Gasteiger partial charge is 0.343 e. The highest BCUT2D eigenvalue weighted by Crippen LogP contribution is 2.62. The third kappa shape index (κ3) is 2.88. The Hall–Kier alpha value is -2.33. The summed E-state index contributed by atoms with van der Waals surface area (Å²) in [7, 11) is 0. The maximum absolute atomic E-state index is 12.7. The Balaban J connectivity index is 1.30. The Morgan fingerprint density at radius 3 is 2.41 bits per heavy atom. The van der Waals surface area contributed by atoms with Crippen LogP contribution in [0.15, 0.2) is 47.8 Å². The summed E-state index contributed by atoms with van der Waals surface area (Å²) in [4.78, 5) is 12.7. The molecule has 29 heavy (non-hydrogen) atoms. The summed E-state index contributed by atoms with van der Waals surface area (Å²) in [5.41, 5.74) is 1.62. The van der Waals surface area contributed by atoms with Crippen LogP contribution >= 0.6 is 11.3 Å². The van der Waals surface area contributed by atoms with Crippen molar-refractivity contribution in [2.45, 2.75) is 43.9 Å². The van der Waals surface area contributed by atoms with Crippen molar-refractivity contribution in [3.05, 3.63) is 59.0 Å². The van der Waals surface area contributed by atoms with Crippen molar-refractivity contribution in [2.75, 3.05) is 0 Å². The molecule has 148 valence electrons. The molecule has 1 N–H and O–H groups in total. The second kappa shape index (κ2) is 6.33. The minimum absolute atomic E-state index is 0.0666. The number of thiophene rings is 1. The molecule has 7 rings (SSSR count). The maximum atomic E-state index is 12.7. The maximum Gasteiger partial charge on any atom is 0.343 e. The first-order valence-electron chi connectivity index (χ1n) is 10.6. The van der Waals surface area contributed by atoms with Crippen LogP contribution in [0.1, 0.15) is 54.4 Å². The summed E-state index contributed by atoms with van der Waals surface area (Å²) in [5, 5.41) is 13.9. The Morgan fingerprint density at radius 1 is 0.966 bits per heavy atom. The van der Waals surface area contributed by atoms with Crippen molar-refractivity contribution in [3.8, 4) is 11.5 Å². The van der Waals surface area contributed by atoms with E-state index in [4.69, 9.17) is 4.74 Å². The molecule has 3 aromatic rings. The molecule has 0 aliphatic heterocycles. The third-order valence-corrected chi connectivity index (χ3v) is 8.36. The second-order valence-electron chi connectivity index (χ2n) is 9.44. The van der Waals surface area contributed by atoms with E-state index in [-0.39, 0.29) is 11.4 Å². The molecule has 1 heterocycles. The lowest BCUT2D eigenvalue weighted by atomic mass is 9.48. The van der Waals surface area contributed by atoms with Crippen LogP contribution in [-0.2, 0) is 5.41 Å². The quantitative estimate of drug-likeness (QED) is 0.412. The highest BCUT2D eigenvalue weighted by Gasteiger charge is 2.52. The van der Waals surface area contributed by atoms with Crippen molar-refractivity contribution >= 4 is 27.4 Å². The molecule has 4 bridgehead atoms. The zero-order valence-corrected chi connectivity index (χ0v) is 17.1. The Labute approximate surface area is 174 Å². The van der Waals surface area contributed by atoms with Gasteiger partial charge in [-0.2, -0.15) is 0 Å². The van der Waals surface area contributed by atoms with Gasteiger partial charge in [-0.05, 0) is 109 Å². The van der Waals surface area contributed by atoms with E-state index in [1.54, 1.807) is 23.5 Å². The van der Waals surface area contributed by atoms with E-state index in [9.17, 15) is 9.90 Å². The van der Waals surface area contributed by atoms with Crippen LogP contribution in [0, 0.1) is 17.8 Å². The van der Waals surface area contributed by atoms with Gasteiger partial charge in [0.15, 0.2) is 0 Å². The molecule has 4 saturated carbocycles. The molecular weight excluding hydrogens is 380 g/mol. The molecule has 0 saturated heterocycles. The average molecular weight is 405 g/mol. The van der Waals surface area contributed by atoms with Gasteiger partial charge < -0.3 is 9.84 Å². The van der Waals surface area contributed by atoms with E-state index in [2.05, 4.69) is 0 Å². The van der Waals surface area contributed by atoms with Gasteiger partial charge in [0, 0.05) is 10.3 Å². The highest BCUT2D eigenvalue weighted by atomic mass is 32.1. The third-order valence-electron chi connectivity index (χ3n) is 7.48. The normalized spacial score (nSPS) is 30.0. The van der Waals surface area contributed by atoms with E-state index < -0.39 is 0 Å². The zero-order valence-electron chi connectivity index (χ0n) is 16.3. The largest absolute Gasteiger partial charge is 0.508 e. The van der Waals surface area contributed by atoms with Crippen molar-refractivity contribution in [2.24, 2.45) is 17.8 Å². The number of aromatic hydroxyl groups is 1. The topological polar surface area (TPSA) is 46.5 Å². The summed E-state index contributed by atoms with van der Waals surface area (Å²) in [6.07, 6.45) is 7.58. The lowest BCUT2D eigenvalue weighted by Gasteiger charge is -2.57. The molecule has 0 amide bonds. The lowest BCUT2D eigenvalue weighted by Crippen LogP contribution is -2.48. The molecule has 1 aromatic heterocycles. The van der Waals surface area contributed by atoms with Crippen LogP contribution in [0.2, 0.25) is 0 Å². The number of fused-ring (bicyclic) bond motifs is 1. The lowest BCUT2D eigenvalue weighted by molar-refractivity contribution is -0.00624. The van der Waals surface area contributed by atoms with Crippen LogP contribution < -0.4 is 4.74 Å². The highest BCUT2D eigenvalue weighted by molar-refractivity contribution is 7.17. The fourth-order valence-electron chi connectivity index (χ4n) is 6.69. The molecule has 4 aliphatic carbocycles. The van der Waals surface area contributed by atoms with Crippen LogP contribution in [0.5, 0.6) is 11.5 Å². The minimum atomic E-state index is -0.345. The number of carbonyl (C=O) groups excluding carboxylic acids is 1. The van der Waals surface area contributed by atoms with Crippen molar-refractivity contribution in [3.63, 3.8) is 0 Å². The van der Waals surface area contributed by atoms with Gasteiger partial charge in [0.1, 0.15) is 11.5 Å². The van der Waals surface area contributed by atoms with E-state index in [1.807, 2.05) is 35.7 Å². The number of hydrogen-bond donors (Lipinski definition) is 1. The first-order valence-corrected chi connectivity index (χ1v) is 11.5. The summed E-state index contributed by atoms with van der Waals surface area (Å²) < 4.78 is 6.82. The first-order chi connectivity index (χ1) is 14.1. The van der Waals surface area contributed by atoms with Gasteiger partial charge in [0.05, 0.1) is 5.56 Å². The van der Waals surface area contributed by atoms with Gasteiger partial charge in [0.2, 0.25) is 0 Å². The summed E-state index contributed by atoms with van der Waals surface area (Å²) in [6.45, 7) is 0. The van der Waals surface area contributed by atoms with Crippen LogP contribution in [0.25, 0.3) is 10.1 Å². The van der Waals surface area contributed by atoms with Crippen LogP contribution in [0.4, 0.5) is 0 Å². The molecular formula is C25H24O3S. The minimum Gasteiger partial charge on any atom is -0.508 e. The molecule has 2 aromatic carbocycles. The fourth-order valence-corrected chi connectivity index (χ4v) is 7.52. The predicted octanol–water partition coefficient (Wildman–Crippen LogP) is 6.29. The molecule has 0 atom stereocenters. The van der Waals surface area contributed by atoms with Crippen molar-refractivity contribution in [1.82, 2.24) is 0 Å². The number of phenolic OH excluding ortho intramolecular Hbond substituents is 1. The molecule has 4 fully saturated rings. The van der Waals surface area contributed by atoms with E-state index in [1.165, 1.54) is 38.5 Å². The van der Waals surface area contributed by atoms with Crippen LogP contribution in [0.3, 0.4) is 0 Å². The summed E-state index contributed by atoms with van der Waals surface area (Å²) >= 11 is 1.62. The zero-order chi connectivity index (χ0) is 19.6. The van der Waals surface area contributed by atoms with Crippen molar-refractivity contribution in [1.29, 1.82) is 0 Å². The van der Waals surface area contributed by atoms with E-state index in [0.29, 0.717) is 17.1 Å². The van der Waals surface area contributed by atoms with Gasteiger partial charge in [-0.3, -0.25) is 0 Å². The number of benzene rings is 2. The molecule has 0 unspecified atom stereocenters. The number of esters is 1. The SMILES string of the molecule is O=C(Oc1ccc(O)c(C23CC4CC(CC(C4)C2)C3)c1)c1ccc2ccsc2c1. The average Bonchev–Trinajstić information content (AvgIpc) is 3.16. The summed E-state index contributed by atoms with van der Waals surface area (Å²) in [5.74, 6) is 2.93. The number of carbonyl (C=O) groups is 1. The number of rotatable bonds is 3. The Kier molecular flexibility index (Phi) is 3.83. The van der Waals surface area contributed by atoms with Gasteiger partial charge in [-0.1, -0.05) is 6.07 Å². The van der Waals surface area contributed by atoms with Gasteiger partial charge >= 0.3 is 5.97 Å². The van der Waals surface area contributed by atoms with Gasteiger partial charge in [0.25, 0.3) is 0 Å². The Morgan fingerprint density at radius 2 is 1.69 bits per heavy atom. The predicted molar refractivity (Wildman–Crippen MR) is 115 cm³/mol. The van der Waals surface area contributed by atoms with Crippen molar-refractivity contribution < 1.29 is 14.6 Å². The fraction of sp³-hybridized carbons (Fsp3) is 0.400. The summed E-state index contributed by atoms with van der Waals surface area (Å²) in [6, 6.07) is 13.1. The van der Waals surface area contributed by atoms with Crippen LogP contribution in [-0.4, -0.2) is 11.1 Å². The number of hydrogen-bond acceptors (Lipinski definition) is 4. The molecule has 4 heteroatoms. The number of phenols is 1. The number of ether oxygens (including phenoxy) is 1. The first kappa shape index (κ1) is 17.5. The molecule has 0 radical (unpaired) electrons. The standard InChI is InChI=1S/C25H24O3S/c26-22-4-3-20(28-24(27)19-2-1-18-5-6-29-23(18)10-19)11-21(22)25-12-15-7-16(13-25)9-17(8-15)14-25/h1-6,10-11,15-17,26H,7-9,12-14H2. The van der Waals surface area contributed by atoms with E-state index >= 15 is 0 Å². The molecule has 4 aliphatic rings. The Bertz CT molecular complexity index is 1080.